The summed E-state index contributed by atoms with van der Waals surface area (Å²) in [6.45, 7) is 9.29. The molecule has 5 heteroatoms. The number of esters is 1. The van der Waals surface area contributed by atoms with Gasteiger partial charge in [0, 0.05) is 19.6 Å². The number of nitrogens with one attached hydrogen (secondary N) is 1. The second kappa shape index (κ2) is 8.71. The van der Waals surface area contributed by atoms with Crippen molar-refractivity contribution in [3.8, 4) is 0 Å². The fourth-order valence-corrected chi connectivity index (χ4v) is 3.01. The van der Waals surface area contributed by atoms with Gasteiger partial charge in [-0.05, 0) is 59.3 Å². The average Bonchev–Trinajstić information content (AvgIpc) is 2.87. The molecule has 0 aromatic carbocycles. The molecule has 0 aliphatic carbocycles. The Hall–Kier alpha value is -0.650. The number of methoxy groups -OCH3 is 1. The first-order chi connectivity index (χ1) is 9.91. The van der Waals surface area contributed by atoms with Crippen LogP contribution in [0.25, 0.3) is 0 Å². The second-order valence-electron chi connectivity index (χ2n) is 6.68. The van der Waals surface area contributed by atoms with Crippen LogP contribution in [0.1, 0.15) is 33.1 Å². The highest BCUT2D eigenvalue weighted by atomic mass is 16.5. The monoisotopic (exact) mass is 299 g/mol. The Morgan fingerprint density at radius 3 is 2.76 bits per heavy atom. The first kappa shape index (κ1) is 18.4. The van der Waals surface area contributed by atoms with E-state index in [1.165, 1.54) is 26.6 Å². The van der Waals surface area contributed by atoms with Crippen LogP contribution in [0, 0.1) is 5.92 Å². The van der Waals surface area contributed by atoms with Crippen LogP contribution >= 0.6 is 0 Å². The highest BCUT2D eigenvalue weighted by molar-refractivity contribution is 5.80. The number of likely N-dealkylation sites (tertiary alicyclic amines) is 1. The molecule has 124 valence electrons. The van der Waals surface area contributed by atoms with Gasteiger partial charge in [0.1, 0.15) is 5.54 Å². The molecule has 5 nitrogen and oxygen atoms in total. The van der Waals surface area contributed by atoms with E-state index in [1.54, 1.807) is 0 Å². The molecule has 1 aliphatic rings. The maximum absolute atomic E-state index is 12.0. The van der Waals surface area contributed by atoms with Gasteiger partial charge in [-0.3, -0.25) is 4.79 Å². The second-order valence-corrected chi connectivity index (χ2v) is 6.68. The third-order valence-corrected chi connectivity index (χ3v) is 4.45. The van der Waals surface area contributed by atoms with Crippen LogP contribution in [0.15, 0.2) is 0 Å². The van der Waals surface area contributed by atoms with Crippen molar-refractivity contribution in [1.29, 1.82) is 0 Å². The van der Waals surface area contributed by atoms with E-state index < -0.39 is 5.54 Å². The topological polar surface area (TPSA) is 44.8 Å². The Morgan fingerprint density at radius 2 is 2.24 bits per heavy atom. The van der Waals surface area contributed by atoms with Crippen molar-refractivity contribution in [2.75, 3.05) is 53.9 Å². The molecule has 0 aromatic rings. The molecular formula is C16H33N3O2. The van der Waals surface area contributed by atoms with E-state index in [0.29, 0.717) is 0 Å². The quantitative estimate of drug-likeness (QED) is 0.648. The number of carbonyl (C=O) groups excluding carboxylic acids is 1. The van der Waals surface area contributed by atoms with E-state index in [1.807, 2.05) is 6.92 Å². The molecule has 1 saturated heterocycles. The number of hydrogen-bond donors (Lipinski definition) is 1. The number of nitrogens with zero attached hydrogens (tertiary/aromatic N) is 2. The molecule has 1 rings (SSSR count). The minimum atomic E-state index is -0.578. The minimum absolute atomic E-state index is 0.162. The van der Waals surface area contributed by atoms with Crippen molar-refractivity contribution < 1.29 is 9.53 Å². The Kier molecular flexibility index (Phi) is 7.63. The van der Waals surface area contributed by atoms with Crippen LogP contribution < -0.4 is 5.32 Å². The summed E-state index contributed by atoms with van der Waals surface area (Å²) in [6.07, 6.45) is 3.07. The molecule has 0 saturated carbocycles. The summed E-state index contributed by atoms with van der Waals surface area (Å²) in [5, 5.41) is 3.34. The summed E-state index contributed by atoms with van der Waals surface area (Å²) in [7, 11) is 5.80. The van der Waals surface area contributed by atoms with Crippen LogP contribution in [0.2, 0.25) is 0 Å². The molecular weight excluding hydrogens is 266 g/mol. The molecule has 1 heterocycles. The van der Waals surface area contributed by atoms with Crippen molar-refractivity contribution >= 4 is 5.97 Å². The summed E-state index contributed by atoms with van der Waals surface area (Å²) in [5.74, 6) is 0.595. The van der Waals surface area contributed by atoms with Gasteiger partial charge in [0.2, 0.25) is 0 Å². The molecule has 21 heavy (non-hydrogen) atoms. The van der Waals surface area contributed by atoms with Gasteiger partial charge in [0.25, 0.3) is 0 Å². The average molecular weight is 299 g/mol. The third kappa shape index (κ3) is 5.93. The lowest BCUT2D eigenvalue weighted by Gasteiger charge is -2.30. The highest BCUT2D eigenvalue weighted by Crippen LogP contribution is 2.17. The first-order valence-corrected chi connectivity index (χ1v) is 8.11. The molecule has 0 radical (unpaired) electrons. The Bertz CT molecular complexity index is 325. The predicted molar refractivity (Wildman–Crippen MR) is 86.4 cm³/mol. The van der Waals surface area contributed by atoms with Gasteiger partial charge in [-0.2, -0.15) is 0 Å². The van der Waals surface area contributed by atoms with E-state index >= 15 is 0 Å². The van der Waals surface area contributed by atoms with Crippen molar-refractivity contribution in [3.05, 3.63) is 0 Å². The molecule has 2 unspecified atom stereocenters. The lowest BCUT2D eigenvalue weighted by Crippen LogP contribution is -2.52. The SMILES string of the molecule is CCCNC(C)(CCN(C)CC1CCN(C)C1)C(=O)OC. The van der Waals surface area contributed by atoms with Crippen molar-refractivity contribution in [1.82, 2.24) is 15.1 Å². The van der Waals surface area contributed by atoms with Gasteiger partial charge < -0.3 is 19.9 Å². The summed E-state index contributed by atoms with van der Waals surface area (Å²) in [6, 6.07) is 0. The largest absolute Gasteiger partial charge is 0.468 e. The number of ether oxygens (including phenoxy) is 1. The maximum atomic E-state index is 12.0. The van der Waals surface area contributed by atoms with Crippen LogP contribution in [-0.2, 0) is 9.53 Å². The number of carbonyl (C=O) groups is 1. The molecule has 2 atom stereocenters. The molecule has 1 aliphatic heterocycles. The zero-order valence-corrected chi connectivity index (χ0v) is 14.4. The summed E-state index contributed by atoms with van der Waals surface area (Å²) in [5.41, 5.74) is -0.578. The smallest absolute Gasteiger partial charge is 0.325 e. The summed E-state index contributed by atoms with van der Waals surface area (Å²) in [4.78, 5) is 16.8. The first-order valence-electron chi connectivity index (χ1n) is 8.11. The van der Waals surface area contributed by atoms with E-state index in [-0.39, 0.29) is 5.97 Å². The van der Waals surface area contributed by atoms with Gasteiger partial charge in [-0.25, -0.2) is 0 Å². The fraction of sp³-hybridized carbons (Fsp3) is 0.938. The zero-order valence-electron chi connectivity index (χ0n) is 14.4. The summed E-state index contributed by atoms with van der Waals surface area (Å²) < 4.78 is 4.97. The normalized spacial score (nSPS) is 22.5. The Morgan fingerprint density at radius 1 is 1.52 bits per heavy atom. The van der Waals surface area contributed by atoms with Crippen LogP contribution in [0.3, 0.4) is 0 Å². The van der Waals surface area contributed by atoms with E-state index in [9.17, 15) is 4.79 Å². The number of rotatable bonds is 9. The van der Waals surface area contributed by atoms with Gasteiger partial charge >= 0.3 is 5.97 Å². The van der Waals surface area contributed by atoms with E-state index in [2.05, 4.69) is 36.1 Å². The Labute approximate surface area is 130 Å². The molecule has 1 N–H and O–H groups in total. The van der Waals surface area contributed by atoms with E-state index in [4.69, 9.17) is 4.74 Å². The molecule has 1 fully saturated rings. The third-order valence-electron chi connectivity index (χ3n) is 4.45. The van der Waals surface area contributed by atoms with Gasteiger partial charge in [0.15, 0.2) is 0 Å². The fourth-order valence-electron chi connectivity index (χ4n) is 3.01. The van der Waals surface area contributed by atoms with Crippen molar-refractivity contribution in [3.63, 3.8) is 0 Å². The van der Waals surface area contributed by atoms with Crippen LogP contribution in [0.5, 0.6) is 0 Å². The number of hydrogen-bond acceptors (Lipinski definition) is 5. The zero-order chi connectivity index (χ0) is 15.9. The molecule has 0 spiro atoms. The predicted octanol–water partition coefficient (Wildman–Crippen LogP) is 1.19. The van der Waals surface area contributed by atoms with Crippen LogP contribution in [-0.4, -0.2) is 75.2 Å². The maximum Gasteiger partial charge on any atom is 0.325 e. The van der Waals surface area contributed by atoms with Crippen molar-refractivity contribution in [2.24, 2.45) is 5.92 Å². The van der Waals surface area contributed by atoms with Gasteiger partial charge in [-0.1, -0.05) is 6.92 Å². The lowest BCUT2D eigenvalue weighted by molar-refractivity contribution is -0.148. The van der Waals surface area contributed by atoms with Crippen LogP contribution in [0.4, 0.5) is 0 Å². The lowest BCUT2D eigenvalue weighted by atomic mass is 9.97. The molecule has 0 aromatic heterocycles. The Balaban J connectivity index is 2.42. The molecule has 0 amide bonds. The van der Waals surface area contributed by atoms with Gasteiger partial charge in [0.05, 0.1) is 7.11 Å². The standard InChI is InChI=1S/C16H33N3O2/c1-6-9-17-16(2,15(20)21-5)8-11-19(4)13-14-7-10-18(3)12-14/h14,17H,6-13H2,1-5H3. The van der Waals surface area contributed by atoms with E-state index in [0.717, 1.165) is 38.4 Å². The molecule has 0 bridgehead atoms. The van der Waals surface area contributed by atoms with Gasteiger partial charge in [-0.15, -0.1) is 0 Å². The highest BCUT2D eigenvalue weighted by Gasteiger charge is 2.33. The van der Waals surface area contributed by atoms with Crippen molar-refractivity contribution in [2.45, 2.75) is 38.6 Å². The minimum Gasteiger partial charge on any atom is -0.468 e. The summed E-state index contributed by atoms with van der Waals surface area (Å²) >= 11 is 0.